The maximum atomic E-state index is 11.9. The van der Waals surface area contributed by atoms with Gasteiger partial charge in [0.15, 0.2) is 0 Å². The third-order valence-corrected chi connectivity index (χ3v) is 3.62. The molecule has 0 aromatic carbocycles. The molecular formula is C18H36N4O. The fourth-order valence-electron chi connectivity index (χ4n) is 2.48. The number of rotatable bonds is 8. The molecular weight excluding hydrogens is 288 g/mol. The fourth-order valence-corrected chi connectivity index (χ4v) is 2.48. The minimum Gasteiger partial charge on any atom is -0.350 e. The van der Waals surface area contributed by atoms with Gasteiger partial charge in [-0.1, -0.05) is 54.4 Å². The van der Waals surface area contributed by atoms with Crippen molar-refractivity contribution >= 4 is 5.91 Å². The van der Waals surface area contributed by atoms with Crippen molar-refractivity contribution in [2.75, 3.05) is 13.1 Å². The van der Waals surface area contributed by atoms with E-state index in [-0.39, 0.29) is 11.3 Å². The number of amides is 1. The molecule has 0 aliphatic carbocycles. The van der Waals surface area contributed by atoms with E-state index in [0.29, 0.717) is 18.4 Å². The topological polar surface area (TPSA) is 56.4 Å². The predicted molar refractivity (Wildman–Crippen MR) is 96.1 cm³/mol. The molecule has 0 saturated carbocycles. The lowest BCUT2D eigenvalue weighted by Crippen LogP contribution is -2.41. The molecule has 1 heterocycles. The van der Waals surface area contributed by atoms with E-state index in [1.165, 1.54) is 12.8 Å². The molecule has 0 atom stereocenters. The largest absolute Gasteiger partial charge is 0.350 e. The highest BCUT2D eigenvalue weighted by molar-refractivity contribution is 5.76. The number of carbonyl (C=O) groups is 1. The molecule has 0 spiro atoms. The number of hydrogen-bond acceptors (Lipinski definition) is 4. The van der Waals surface area contributed by atoms with Crippen LogP contribution in [-0.4, -0.2) is 24.0 Å². The van der Waals surface area contributed by atoms with Gasteiger partial charge in [0, 0.05) is 19.2 Å². The first-order chi connectivity index (χ1) is 10.6. The summed E-state index contributed by atoms with van der Waals surface area (Å²) in [6.07, 6.45) is 7.18. The van der Waals surface area contributed by atoms with Gasteiger partial charge in [0.2, 0.25) is 5.91 Å². The average Bonchev–Trinajstić information content (AvgIpc) is 2.80. The van der Waals surface area contributed by atoms with E-state index in [2.05, 4.69) is 57.8 Å². The van der Waals surface area contributed by atoms with Crippen molar-refractivity contribution < 1.29 is 4.79 Å². The van der Waals surface area contributed by atoms with Gasteiger partial charge in [0.05, 0.1) is 12.2 Å². The lowest BCUT2D eigenvalue weighted by molar-refractivity contribution is -0.121. The summed E-state index contributed by atoms with van der Waals surface area (Å²) in [6, 6.07) is 0. The first kappa shape index (κ1) is 19.8. The Morgan fingerprint density at radius 2 is 1.78 bits per heavy atom. The molecule has 0 saturated heterocycles. The summed E-state index contributed by atoms with van der Waals surface area (Å²) >= 11 is 0. The molecule has 0 unspecified atom stereocenters. The van der Waals surface area contributed by atoms with Crippen molar-refractivity contribution in [2.45, 2.75) is 73.6 Å². The van der Waals surface area contributed by atoms with Crippen LogP contribution in [0, 0.1) is 10.8 Å². The van der Waals surface area contributed by atoms with E-state index in [1.54, 1.807) is 0 Å². The summed E-state index contributed by atoms with van der Waals surface area (Å²) in [5.74, 6) is 0.137. The van der Waals surface area contributed by atoms with Gasteiger partial charge in [-0.25, -0.2) is 0 Å². The molecule has 0 aromatic rings. The Hall–Kier alpha value is -1.23. The van der Waals surface area contributed by atoms with Crippen molar-refractivity contribution in [3.63, 3.8) is 0 Å². The van der Waals surface area contributed by atoms with Crippen LogP contribution in [0.4, 0.5) is 0 Å². The summed E-state index contributed by atoms with van der Waals surface area (Å²) in [5, 5.41) is 5.00. The number of hydrogen-bond donors (Lipinski definition) is 3. The number of carbonyl (C=O) groups excluding carboxylic acids is 1. The van der Waals surface area contributed by atoms with Gasteiger partial charge in [-0.2, -0.15) is 0 Å². The van der Waals surface area contributed by atoms with E-state index in [9.17, 15) is 4.79 Å². The molecule has 1 aliphatic heterocycles. The van der Waals surface area contributed by atoms with Gasteiger partial charge in [0.25, 0.3) is 0 Å². The molecule has 23 heavy (non-hydrogen) atoms. The Morgan fingerprint density at radius 1 is 1.09 bits per heavy atom. The quantitative estimate of drug-likeness (QED) is 0.600. The molecule has 1 amide bonds. The number of unbranched alkanes of at least 4 members (excludes halogenated alkanes) is 2. The van der Waals surface area contributed by atoms with Crippen LogP contribution in [0.25, 0.3) is 0 Å². The summed E-state index contributed by atoms with van der Waals surface area (Å²) in [4.78, 5) is 11.9. The second kappa shape index (κ2) is 8.57. The monoisotopic (exact) mass is 324 g/mol. The molecule has 0 aromatic heterocycles. The summed E-state index contributed by atoms with van der Waals surface area (Å²) < 4.78 is 0. The van der Waals surface area contributed by atoms with Gasteiger partial charge >= 0.3 is 0 Å². The molecule has 3 N–H and O–H groups in total. The highest BCUT2D eigenvalue weighted by atomic mass is 16.1. The van der Waals surface area contributed by atoms with Crippen molar-refractivity contribution in [3.8, 4) is 0 Å². The van der Waals surface area contributed by atoms with E-state index < -0.39 is 0 Å². The lowest BCUT2D eigenvalue weighted by Gasteiger charge is -2.25. The molecule has 0 radical (unpaired) electrons. The third kappa shape index (κ3) is 10.2. The molecule has 0 fully saturated rings. The summed E-state index contributed by atoms with van der Waals surface area (Å²) in [7, 11) is 0. The van der Waals surface area contributed by atoms with Crippen LogP contribution in [0.2, 0.25) is 0 Å². The van der Waals surface area contributed by atoms with Gasteiger partial charge in [-0.05, 0) is 23.7 Å². The zero-order chi connectivity index (χ0) is 17.5. The first-order valence-electron chi connectivity index (χ1n) is 8.81. The van der Waals surface area contributed by atoms with E-state index in [0.717, 1.165) is 25.1 Å². The van der Waals surface area contributed by atoms with Gasteiger partial charge in [-0.15, -0.1) is 5.53 Å². The molecule has 5 heteroatoms. The second-order valence-corrected chi connectivity index (χ2v) is 8.98. The van der Waals surface area contributed by atoms with Crippen LogP contribution in [0.15, 0.2) is 11.9 Å². The SMILES string of the molecule is CC(C)(C)CCCCCC(=O)NCC1=CN(CC(C)(C)C)NN1. The Kier molecular flexibility index (Phi) is 7.39. The lowest BCUT2D eigenvalue weighted by atomic mass is 9.89. The van der Waals surface area contributed by atoms with Crippen molar-refractivity contribution in [3.05, 3.63) is 11.9 Å². The maximum absolute atomic E-state index is 11.9. The molecule has 0 bridgehead atoms. The molecule has 1 aliphatic rings. The molecule has 134 valence electrons. The molecule has 1 rings (SSSR count). The van der Waals surface area contributed by atoms with Crippen LogP contribution < -0.4 is 16.3 Å². The minimum absolute atomic E-state index is 0.137. The number of nitrogens with one attached hydrogen (secondary N) is 3. The highest BCUT2D eigenvalue weighted by Crippen LogP contribution is 2.22. The van der Waals surface area contributed by atoms with Crippen LogP contribution in [0.3, 0.4) is 0 Å². The summed E-state index contributed by atoms with van der Waals surface area (Å²) in [6.45, 7) is 14.8. The average molecular weight is 325 g/mol. The number of nitrogens with zero attached hydrogens (tertiary/aromatic N) is 1. The summed E-state index contributed by atoms with van der Waals surface area (Å²) in [5.41, 5.74) is 7.81. The smallest absolute Gasteiger partial charge is 0.220 e. The zero-order valence-corrected chi connectivity index (χ0v) is 15.9. The number of hydrazine groups is 2. The first-order valence-corrected chi connectivity index (χ1v) is 8.81. The second-order valence-electron chi connectivity index (χ2n) is 8.98. The predicted octanol–water partition coefficient (Wildman–Crippen LogP) is 3.31. The zero-order valence-electron chi connectivity index (χ0n) is 15.9. The van der Waals surface area contributed by atoms with Crippen molar-refractivity contribution in [1.29, 1.82) is 0 Å². The minimum atomic E-state index is 0.137. The van der Waals surface area contributed by atoms with Crippen LogP contribution in [0.5, 0.6) is 0 Å². The fraction of sp³-hybridized carbons (Fsp3) is 0.833. The van der Waals surface area contributed by atoms with Gasteiger partial charge in [0.1, 0.15) is 0 Å². The standard InChI is InChI=1S/C18H36N4O/c1-17(2,3)11-9-7-8-10-16(23)19-12-15-13-22(21-20-15)14-18(4,5)6/h13,20-21H,7-12,14H2,1-6H3,(H,19,23). The Balaban J connectivity index is 2.13. The van der Waals surface area contributed by atoms with Crippen molar-refractivity contribution in [1.82, 2.24) is 21.3 Å². The Morgan fingerprint density at radius 3 is 2.39 bits per heavy atom. The van der Waals surface area contributed by atoms with Crippen molar-refractivity contribution in [2.24, 2.45) is 10.8 Å². The van der Waals surface area contributed by atoms with Gasteiger partial charge in [-0.3, -0.25) is 9.80 Å². The Labute approximate surface area is 142 Å². The van der Waals surface area contributed by atoms with E-state index in [4.69, 9.17) is 0 Å². The van der Waals surface area contributed by atoms with Crippen LogP contribution in [-0.2, 0) is 4.79 Å². The normalized spacial score (nSPS) is 15.4. The highest BCUT2D eigenvalue weighted by Gasteiger charge is 2.18. The Bertz CT molecular complexity index is 404. The molecule has 5 nitrogen and oxygen atoms in total. The van der Waals surface area contributed by atoms with Crippen LogP contribution in [0.1, 0.15) is 73.6 Å². The van der Waals surface area contributed by atoms with Gasteiger partial charge < -0.3 is 10.7 Å². The van der Waals surface area contributed by atoms with Crippen LogP contribution >= 0.6 is 0 Å². The maximum Gasteiger partial charge on any atom is 0.220 e. The van der Waals surface area contributed by atoms with E-state index >= 15 is 0 Å². The van der Waals surface area contributed by atoms with E-state index in [1.807, 2.05) is 11.2 Å². The third-order valence-electron chi connectivity index (χ3n) is 3.62.